The van der Waals surface area contributed by atoms with Crippen molar-refractivity contribution in [2.24, 2.45) is 0 Å². The summed E-state index contributed by atoms with van der Waals surface area (Å²) in [4.78, 5) is 31.4. The highest BCUT2D eigenvalue weighted by Gasteiger charge is 2.17. The number of nitrogens with one attached hydrogen (secondary N) is 1. The van der Waals surface area contributed by atoms with Gasteiger partial charge in [0.15, 0.2) is 0 Å². The first-order chi connectivity index (χ1) is 14.5. The molecular weight excluding hydrogens is 396 g/mol. The highest BCUT2D eigenvalue weighted by molar-refractivity contribution is 8.00. The SMILES string of the molecule is CCN(CC)C(=O)c1cccc(NC(=O)CSc2nc3c(cc2C#N)CCCC3)c1. The van der Waals surface area contributed by atoms with E-state index in [1.165, 1.54) is 11.8 Å². The zero-order valence-corrected chi connectivity index (χ0v) is 18.2. The maximum Gasteiger partial charge on any atom is 0.253 e. The lowest BCUT2D eigenvalue weighted by atomic mass is 9.95. The Balaban J connectivity index is 1.65. The Bertz CT molecular complexity index is 980. The molecule has 0 fully saturated rings. The van der Waals surface area contributed by atoms with Crippen molar-refractivity contribution >= 4 is 29.3 Å². The number of hydrogen-bond donors (Lipinski definition) is 1. The van der Waals surface area contributed by atoms with Crippen LogP contribution in [0.25, 0.3) is 0 Å². The Morgan fingerprint density at radius 2 is 1.97 bits per heavy atom. The van der Waals surface area contributed by atoms with Crippen LogP contribution in [-0.4, -0.2) is 40.5 Å². The molecule has 2 aromatic rings. The number of benzene rings is 1. The van der Waals surface area contributed by atoms with Gasteiger partial charge in [0.1, 0.15) is 11.1 Å². The minimum atomic E-state index is -0.198. The molecule has 0 spiro atoms. The highest BCUT2D eigenvalue weighted by Crippen LogP contribution is 2.27. The average Bonchev–Trinajstić information content (AvgIpc) is 2.77. The first-order valence-corrected chi connectivity index (χ1v) is 11.3. The number of fused-ring (bicyclic) bond motifs is 1. The molecule has 1 heterocycles. The molecule has 1 aliphatic rings. The van der Waals surface area contributed by atoms with Crippen LogP contribution >= 0.6 is 11.8 Å². The van der Waals surface area contributed by atoms with E-state index in [2.05, 4.69) is 16.4 Å². The van der Waals surface area contributed by atoms with Crippen LogP contribution in [0.15, 0.2) is 35.4 Å². The summed E-state index contributed by atoms with van der Waals surface area (Å²) < 4.78 is 0. The molecule has 1 aromatic heterocycles. The Morgan fingerprint density at radius 1 is 1.20 bits per heavy atom. The second-order valence-electron chi connectivity index (χ2n) is 7.16. The van der Waals surface area contributed by atoms with Gasteiger partial charge in [-0.2, -0.15) is 5.26 Å². The number of amides is 2. The molecule has 0 atom stereocenters. The number of rotatable bonds is 7. The lowest BCUT2D eigenvalue weighted by Gasteiger charge is -2.19. The minimum absolute atomic E-state index is 0.0533. The van der Waals surface area contributed by atoms with E-state index >= 15 is 0 Å². The number of anilines is 1. The summed E-state index contributed by atoms with van der Waals surface area (Å²) in [6.45, 7) is 5.15. The summed E-state index contributed by atoms with van der Waals surface area (Å²) >= 11 is 1.27. The van der Waals surface area contributed by atoms with Crippen molar-refractivity contribution in [3.8, 4) is 6.07 Å². The molecule has 0 aliphatic heterocycles. The molecule has 0 bridgehead atoms. The normalized spacial score (nSPS) is 12.6. The Morgan fingerprint density at radius 3 is 2.70 bits per heavy atom. The molecule has 0 saturated carbocycles. The number of pyridine rings is 1. The van der Waals surface area contributed by atoms with Crippen molar-refractivity contribution in [1.82, 2.24) is 9.88 Å². The fourth-order valence-electron chi connectivity index (χ4n) is 3.56. The monoisotopic (exact) mass is 422 g/mol. The number of thioether (sulfide) groups is 1. The van der Waals surface area contributed by atoms with Gasteiger partial charge in [0, 0.05) is 30.0 Å². The van der Waals surface area contributed by atoms with Gasteiger partial charge in [-0.3, -0.25) is 9.59 Å². The van der Waals surface area contributed by atoms with Crippen molar-refractivity contribution in [1.29, 1.82) is 5.26 Å². The van der Waals surface area contributed by atoms with Crippen LogP contribution in [0, 0.1) is 11.3 Å². The standard InChI is InChI=1S/C23H26N4O2S/c1-3-27(4-2)23(29)17-9-7-10-19(13-17)25-21(28)15-30-22-18(14-24)12-16-8-5-6-11-20(16)26-22/h7,9-10,12-13H,3-6,8,11,15H2,1-2H3,(H,25,28). The maximum absolute atomic E-state index is 12.5. The number of aryl methyl sites for hydroxylation is 2. The third kappa shape index (κ3) is 5.19. The predicted molar refractivity (Wildman–Crippen MR) is 119 cm³/mol. The van der Waals surface area contributed by atoms with Gasteiger partial charge in [-0.05, 0) is 69.4 Å². The summed E-state index contributed by atoms with van der Waals surface area (Å²) in [5.41, 5.74) is 3.86. The average molecular weight is 423 g/mol. The molecule has 6 nitrogen and oxygen atoms in total. The summed E-state index contributed by atoms with van der Waals surface area (Å²) in [6, 6.07) is 11.1. The van der Waals surface area contributed by atoms with Gasteiger partial charge < -0.3 is 10.2 Å². The van der Waals surface area contributed by atoms with Gasteiger partial charge in [-0.1, -0.05) is 17.8 Å². The second-order valence-corrected chi connectivity index (χ2v) is 8.12. The molecule has 1 N–H and O–H groups in total. The predicted octanol–water partition coefficient (Wildman–Crippen LogP) is 4.04. The van der Waals surface area contributed by atoms with Crippen LogP contribution in [0.2, 0.25) is 0 Å². The van der Waals surface area contributed by atoms with Gasteiger partial charge in [-0.15, -0.1) is 0 Å². The van der Waals surface area contributed by atoms with Crippen molar-refractivity contribution in [3.05, 3.63) is 52.7 Å². The molecule has 0 radical (unpaired) electrons. The fraction of sp³-hybridized carbons (Fsp3) is 0.391. The Hall–Kier alpha value is -2.85. The number of aromatic nitrogens is 1. The van der Waals surface area contributed by atoms with E-state index in [9.17, 15) is 14.9 Å². The molecule has 30 heavy (non-hydrogen) atoms. The van der Waals surface area contributed by atoms with Gasteiger partial charge in [0.25, 0.3) is 5.91 Å². The van der Waals surface area contributed by atoms with Gasteiger partial charge in [0.2, 0.25) is 5.91 Å². The second kappa shape index (κ2) is 10.3. The van der Waals surface area contributed by atoms with E-state index in [0.717, 1.165) is 36.9 Å². The minimum Gasteiger partial charge on any atom is -0.339 e. The molecule has 0 unspecified atom stereocenters. The highest BCUT2D eigenvalue weighted by atomic mass is 32.2. The van der Waals surface area contributed by atoms with E-state index in [1.807, 2.05) is 19.9 Å². The molecule has 1 aliphatic carbocycles. The van der Waals surface area contributed by atoms with Gasteiger partial charge in [0.05, 0.1) is 11.3 Å². The van der Waals surface area contributed by atoms with Crippen LogP contribution < -0.4 is 5.32 Å². The summed E-state index contributed by atoms with van der Waals surface area (Å²) in [6.07, 6.45) is 4.13. The van der Waals surface area contributed by atoms with Crippen molar-refractivity contribution in [2.45, 2.75) is 44.6 Å². The number of carbonyl (C=O) groups is 2. The van der Waals surface area contributed by atoms with Crippen LogP contribution in [-0.2, 0) is 17.6 Å². The van der Waals surface area contributed by atoms with E-state index < -0.39 is 0 Å². The number of nitrogens with zero attached hydrogens (tertiary/aromatic N) is 3. The summed E-state index contributed by atoms with van der Waals surface area (Å²) in [5, 5.41) is 12.9. The molecule has 2 amide bonds. The summed E-state index contributed by atoms with van der Waals surface area (Å²) in [5.74, 6) is -0.104. The van der Waals surface area contributed by atoms with E-state index in [4.69, 9.17) is 0 Å². The van der Waals surface area contributed by atoms with E-state index in [1.54, 1.807) is 29.2 Å². The first kappa shape index (κ1) is 21.8. The van der Waals surface area contributed by atoms with Crippen molar-refractivity contribution in [3.63, 3.8) is 0 Å². The van der Waals surface area contributed by atoms with Crippen molar-refractivity contribution in [2.75, 3.05) is 24.2 Å². The maximum atomic E-state index is 12.5. The lowest BCUT2D eigenvalue weighted by Crippen LogP contribution is -2.30. The molecular formula is C23H26N4O2S. The zero-order valence-electron chi connectivity index (χ0n) is 17.4. The zero-order chi connectivity index (χ0) is 21.5. The largest absolute Gasteiger partial charge is 0.339 e. The third-order valence-corrected chi connectivity index (χ3v) is 6.16. The molecule has 156 valence electrons. The van der Waals surface area contributed by atoms with Gasteiger partial charge >= 0.3 is 0 Å². The quantitative estimate of drug-likeness (QED) is 0.681. The Kier molecular flexibility index (Phi) is 7.47. The molecule has 3 rings (SSSR count). The number of nitriles is 1. The third-order valence-electron chi connectivity index (χ3n) is 5.17. The van der Waals surface area contributed by atoms with E-state index in [0.29, 0.717) is 34.9 Å². The molecule has 1 aromatic carbocycles. The number of carbonyl (C=O) groups excluding carboxylic acids is 2. The van der Waals surface area contributed by atoms with Crippen LogP contribution in [0.5, 0.6) is 0 Å². The molecule has 0 saturated heterocycles. The van der Waals surface area contributed by atoms with Crippen LogP contribution in [0.4, 0.5) is 5.69 Å². The van der Waals surface area contributed by atoms with E-state index in [-0.39, 0.29) is 17.6 Å². The summed E-state index contributed by atoms with van der Waals surface area (Å²) in [7, 11) is 0. The molecule has 7 heteroatoms. The van der Waals surface area contributed by atoms with Crippen LogP contribution in [0.1, 0.15) is 53.9 Å². The lowest BCUT2D eigenvalue weighted by molar-refractivity contribution is -0.113. The number of hydrogen-bond acceptors (Lipinski definition) is 5. The first-order valence-electron chi connectivity index (χ1n) is 10.3. The van der Waals surface area contributed by atoms with Gasteiger partial charge in [-0.25, -0.2) is 4.98 Å². The van der Waals surface area contributed by atoms with Crippen molar-refractivity contribution < 1.29 is 9.59 Å². The van der Waals surface area contributed by atoms with Crippen LogP contribution in [0.3, 0.4) is 0 Å². The Labute approximate surface area is 181 Å². The smallest absolute Gasteiger partial charge is 0.253 e. The fourth-order valence-corrected chi connectivity index (χ4v) is 4.33. The topological polar surface area (TPSA) is 86.1 Å².